The Hall–Kier alpha value is -2.43. The molecule has 1 aliphatic heterocycles. The molecule has 12 heteroatoms. The minimum Gasteiger partial charge on any atom is -0.338 e. The summed E-state index contributed by atoms with van der Waals surface area (Å²) < 4.78 is 53.2. The zero-order valence-electron chi connectivity index (χ0n) is 16.5. The lowest BCUT2D eigenvalue weighted by Gasteiger charge is -2.36. The molecule has 32 heavy (non-hydrogen) atoms. The smallest absolute Gasteiger partial charge is 0.338 e. The molecule has 2 amide bonds. The minimum atomic E-state index is -4.56. The van der Waals surface area contributed by atoms with E-state index in [9.17, 15) is 27.2 Å². The van der Waals surface area contributed by atoms with Gasteiger partial charge in [0.15, 0.2) is 5.82 Å². The Labute approximate surface area is 190 Å². The molecule has 2 aromatic rings. The molecule has 1 aliphatic rings. The number of amides is 2. The molecule has 2 N–H and O–H groups in total. The second kappa shape index (κ2) is 9.60. The maximum absolute atomic E-state index is 13.7. The number of piperazine rings is 1. The second-order valence-electron chi connectivity index (χ2n) is 7.17. The van der Waals surface area contributed by atoms with E-state index in [0.717, 1.165) is 12.3 Å². The molecular formula is C20H18Cl2F4N4O2. The highest BCUT2D eigenvalue weighted by atomic mass is 35.5. The molecule has 3 rings (SSSR count). The quantitative estimate of drug-likeness (QED) is 0.523. The number of alkyl halides is 3. The zero-order chi connectivity index (χ0) is 23.6. The highest BCUT2D eigenvalue weighted by Gasteiger charge is 2.35. The van der Waals surface area contributed by atoms with Crippen molar-refractivity contribution in [1.29, 1.82) is 0 Å². The molecule has 6 nitrogen and oxygen atoms in total. The molecule has 1 atom stereocenters. The van der Waals surface area contributed by atoms with Crippen LogP contribution in [-0.4, -0.2) is 58.8 Å². The van der Waals surface area contributed by atoms with Crippen molar-refractivity contribution in [1.82, 2.24) is 14.8 Å². The fourth-order valence-corrected chi connectivity index (χ4v) is 3.94. The number of halogens is 6. The molecule has 0 radical (unpaired) electrons. The Morgan fingerprint density at radius 3 is 2.31 bits per heavy atom. The van der Waals surface area contributed by atoms with Crippen molar-refractivity contribution in [3.8, 4) is 0 Å². The van der Waals surface area contributed by atoms with Crippen molar-refractivity contribution >= 4 is 35.0 Å². The van der Waals surface area contributed by atoms with Gasteiger partial charge in [-0.1, -0.05) is 41.4 Å². The third-order valence-electron chi connectivity index (χ3n) is 5.10. The molecule has 1 aromatic heterocycles. The molecule has 0 spiro atoms. The largest absolute Gasteiger partial charge is 0.416 e. The fraction of sp³-hybridized carbons (Fsp3) is 0.350. The van der Waals surface area contributed by atoms with E-state index in [2.05, 4.69) is 4.98 Å². The van der Waals surface area contributed by atoms with E-state index in [4.69, 9.17) is 28.9 Å². The van der Waals surface area contributed by atoms with Crippen LogP contribution in [-0.2, 0) is 17.4 Å². The number of aromatic nitrogens is 1. The van der Waals surface area contributed by atoms with Crippen molar-refractivity contribution in [2.75, 3.05) is 26.2 Å². The van der Waals surface area contributed by atoms with Crippen LogP contribution in [0.2, 0.25) is 10.2 Å². The molecule has 0 bridgehead atoms. The van der Waals surface area contributed by atoms with E-state index < -0.39 is 40.4 Å². The second-order valence-corrected chi connectivity index (χ2v) is 7.90. The van der Waals surface area contributed by atoms with Crippen molar-refractivity contribution in [3.05, 3.63) is 63.1 Å². The van der Waals surface area contributed by atoms with E-state index in [1.165, 1.54) is 28.0 Å². The van der Waals surface area contributed by atoms with Gasteiger partial charge in [-0.2, -0.15) is 13.2 Å². The number of pyridine rings is 1. The fourth-order valence-electron chi connectivity index (χ4n) is 3.45. The van der Waals surface area contributed by atoms with Gasteiger partial charge in [0.25, 0.3) is 5.91 Å². The number of rotatable bonds is 4. The first kappa shape index (κ1) is 24.2. The zero-order valence-corrected chi connectivity index (χ0v) is 18.0. The van der Waals surface area contributed by atoms with Crippen molar-refractivity contribution in [2.24, 2.45) is 5.73 Å². The summed E-state index contributed by atoms with van der Waals surface area (Å²) >= 11 is 11.7. The predicted octanol–water partition coefficient (Wildman–Crippen LogP) is 3.40. The molecule has 172 valence electrons. The maximum atomic E-state index is 13.7. The van der Waals surface area contributed by atoms with Crippen LogP contribution in [0, 0.1) is 5.82 Å². The Kier molecular flexibility index (Phi) is 7.26. The molecule has 0 aliphatic carbocycles. The first-order valence-electron chi connectivity index (χ1n) is 9.49. The summed E-state index contributed by atoms with van der Waals surface area (Å²) in [6.45, 7) is 0.355. The summed E-state index contributed by atoms with van der Waals surface area (Å²) in [6, 6.07) is 3.75. The van der Waals surface area contributed by atoms with Crippen molar-refractivity contribution < 1.29 is 27.2 Å². The SMILES string of the molecule is NC(Cc1ccccc1C(F)(F)F)C(=O)N1CCN(C(=O)c2c(Cl)ncc(F)c2Cl)CC1. The van der Waals surface area contributed by atoms with E-state index in [0.29, 0.717) is 0 Å². The lowest BCUT2D eigenvalue weighted by molar-refractivity contribution is -0.139. The molecule has 1 unspecified atom stereocenters. The third kappa shape index (κ3) is 5.13. The average molecular weight is 493 g/mol. The number of hydrogen-bond donors (Lipinski definition) is 1. The van der Waals surface area contributed by atoms with Crippen LogP contribution in [0.3, 0.4) is 0 Å². The first-order valence-corrected chi connectivity index (χ1v) is 10.2. The van der Waals surface area contributed by atoms with Crippen LogP contribution in [0.4, 0.5) is 17.6 Å². The highest BCUT2D eigenvalue weighted by molar-refractivity contribution is 6.39. The van der Waals surface area contributed by atoms with E-state index in [1.807, 2.05) is 0 Å². The molecule has 1 saturated heterocycles. The Morgan fingerprint density at radius 1 is 1.09 bits per heavy atom. The van der Waals surface area contributed by atoms with Crippen LogP contribution < -0.4 is 5.73 Å². The monoisotopic (exact) mass is 492 g/mol. The summed E-state index contributed by atoms with van der Waals surface area (Å²) in [5.74, 6) is -2.06. The van der Waals surface area contributed by atoms with E-state index in [1.54, 1.807) is 0 Å². The van der Waals surface area contributed by atoms with Crippen LogP contribution in [0.15, 0.2) is 30.5 Å². The lowest BCUT2D eigenvalue weighted by Crippen LogP contribution is -2.54. The van der Waals surface area contributed by atoms with Gasteiger partial charge in [0, 0.05) is 26.2 Å². The van der Waals surface area contributed by atoms with Gasteiger partial charge < -0.3 is 15.5 Å². The van der Waals surface area contributed by atoms with Gasteiger partial charge >= 0.3 is 6.18 Å². The van der Waals surface area contributed by atoms with E-state index >= 15 is 0 Å². The number of carbonyl (C=O) groups is 2. The van der Waals surface area contributed by atoms with Crippen LogP contribution in [0.1, 0.15) is 21.5 Å². The molecule has 1 fully saturated rings. The van der Waals surface area contributed by atoms with Crippen molar-refractivity contribution in [3.63, 3.8) is 0 Å². The van der Waals surface area contributed by atoms with Gasteiger partial charge in [0.1, 0.15) is 5.15 Å². The summed E-state index contributed by atoms with van der Waals surface area (Å²) in [6.07, 6.45) is -4.04. The maximum Gasteiger partial charge on any atom is 0.416 e. The summed E-state index contributed by atoms with van der Waals surface area (Å²) in [4.78, 5) is 31.7. The minimum absolute atomic E-state index is 0.0717. The normalized spacial score (nSPS) is 15.6. The Bertz CT molecular complexity index is 1030. The molecule has 0 saturated carbocycles. The summed E-state index contributed by atoms with van der Waals surface area (Å²) in [5, 5.41) is -0.691. The van der Waals surface area contributed by atoms with Crippen LogP contribution in [0.5, 0.6) is 0 Å². The summed E-state index contributed by atoms with van der Waals surface area (Å²) in [5.41, 5.74) is 4.73. The number of nitrogens with zero attached hydrogens (tertiary/aromatic N) is 3. The number of nitrogens with two attached hydrogens (primary N) is 1. The molecular weight excluding hydrogens is 475 g/mol. The van der Waals surface area contributed by atoms with Gasteiger partial charge in [-0.25, -0.2) is 9.37 Å². The summed E-state index contributed by atoms with van der Waals surface area (Å²) in [7, 11) is 0. The average Bonchev–Trinajstić information content (AvgIpc) is 2.75. The van der Waals surface area contributed by atoms with Gasteiger partial charge in [-0.05, 0) is 18.1 Å². The number of hydrogen-bond acceptors (Lipinski definition) is 4. The number of carbonyl (C=O) groups excluding carboxylic acids is 2. The third-order valence-corrected chi connectivity index (χ3v) is 5.76. The molecule has 2 heterocycles. The molecule has 1 aromatic carbocycles. The standard InChI is InChI=1S/C20H18Cl2F4N4O2/c21-16-13(23)10-28-17(22)15(16)19(32)30-7-5-29(6-8-30)18(31)14(27)9-11-3-1-2-4-12(11)20(24,25)26/h1-4,10,14H,5-9,27H2. The Balaban J connectivity index is 1.64. The van der Waals surface area contributed by atoms with Gasteiger partial charge in [0.2, 0.25) is 5.91 Å². The lowest BCUT2D eigenvalue weighted by atomic mass is 9.99. The highest BCUT2D eigenvalue weighted by Crippen LogP contribution is 2.32. The first-order chi connectivity index (χ1) is 15.0. The van der Waals surface area contributed by atoms with Gasteiger partial charge in [-0.3, -0.25) is 9.59 Å². The van der Waals surface area contributed by atoms with Gasteiger partial charge in [-0.15, -0.1) is 0 Å². The number of benzene rings is 1. The topological polar surface area (TPSA) is 79.5 Å². The van der Waals surface area contributed by atoms with Gasteiger partial charge in [0.05, 0.1) is 28.4 Å². The van der Waals surface area contributed by atoms with E-state index in [-0.39, 0.29) is 48.9 Å². The van der Waals surface area contributed by atoms with Crippen LogP contribution >= 0.6 is 23.2 Å². The van der Waals surface area contributed by atoms with Crippen LogP contribution in [0.25, 0.3) is 0 Å². The Morgan fingerprint density at radius 2 is 1.69 bits per heavy atom. The van der Waals surface area contributed by atoms with Crippen molar-refractivity contribution in [2.45, 2.75) is 18.6 Å². The predicted molar refractivity (Wildman–Crippen MR) is 110 cm³/mol.